The highest BCUT2D eigenvalue weighted by Crippen LogP contribution is 2.43. The van der Waals surface area contributed by atoms with E-state index in [2.05, 4.69) is 4.90 Å². The molecule has 50 heavy (non-hydrogen) atoms. The first-order valence-electron chi connectivity index (χ1n) is 17.5. The lowest BCUT2D eigenvalue weighted by molar-refractivity contribution is -0.160. The number of aliphatic carboxylic acids is 1. The Kier molecular flexibility index (Phi) is 9.07. The molecule has 1 N–H and O–H groups in total. The van der Waals surface area contributed by atoms with E-state index in [1.54, 1.807) is 19.1 Å². The van der Waals surface area contributed by atoms with E-state index < -0.39 is 17.7 Å². The van der Waals surface area contributed by atoms with Gasteiger partial charge in [-0.2, -0.15) is 5.10 Å². The van der Waals surface area contributed by atoms with E-state index in [4.69, 9.17) is 35.8 Å². The fourth-order valence-electron chi connectivity index (χ4n) is 7.90. The number of carbonyl (C=O) groups excluding carboxylic acids is 1. The van der Waals surface area contributed by atoms with E-state index >= 15 is 0 Å². The molecule has 5 aromatic rings. The van der Waals surface area contributed by atoms with Gasteiger partial charge in [0.15, 0.2) is 11.7 Å². The number of aromatic nitrogens is 4. The Bertz CT molecular complexity index is 2090. The summed E-state index contributed by atoms with van der Waals surface area (Å²) in [6.45, 7) is 11.1. The third kappa shape index (κ3) is 6.56. The van der Waals surface area contributed by atoms with Crippen LogP contribution >= 0.6 is 11.6 Å². The van der Waals surface area contributed by atoms with Crippen LogP contribution in [0.15, 0.2) is 46.9 Å². The number of nitrogens with zero attached hydrogens (tertiary/aromatic N) is 5. The van der Waals surface area contributed by atoms with Gasteiger partial charge in [0.05, 0.1) is 16.8 Å². The van der Waals surface area contributed by atoms with E-state index in [9.17, 15) is 14.7 Å². The number of likely N-dealkylation sites (tertiary alicyclic amines) is 1. The van der Waals surface area contributed by atoms with Crippen molar-refractivity contribution in [3.8, 4) is 22.7 Å². The maximum absolute atomic E-state index is 12.7. The number of Topliss-reactive ketones (excluding diaryl/α,β-unsaturated/α-hetero) is 1. The number of rotatable bonds is 8. The number of oxazole rings is 1. The number of hydrogen-bond donors (Lipinski definition) is 1. The van der Waals surface area contributed by atoms with Gasteiger partial charge < -0.3 is 19.2 Å². The SMILES string of the molecule is CC(=O)C1CCC(N2CCC(c3nn(C)c4ccc(-c5nc6cc(C)c(C(OC(C)(C)C)C(=O)O)c(-c7ccc(Cl)cc7)c6o5)nc34)CC2)C1. The van der Waals surface area contributed by atoms with Crippen LogP contribution in [0.5, 0.6) is 0 Å². The summed E-state index contributed by atoms with van der Waals surface area (Å²) < 4.78 is 14.6. The van der Waals surface area contributed by atoms with Gasteiger partial charge in [-0.25, -0.2) is 14.8 Å². The molecular formula is C39H44ClN5O5. The number of piperidine rings is 1. The molecular weight excluding hydrogens is 654 g/mol. The summed E-state index contributed by atoms with van der Waals surface area (Å²) in [7, 11) is 1.95. The van der Waals surface area contributed by atoms with Gasteiger partial charge in [0.25, 0.3) is 0 Å². The van der Waals surface area contributed by atoms with Crippen molar-refractivity contribution in [2.24, 2.45) is 13.0 Å². The van der Waals surface area contributed by atoms with Gasteiger partial charge in [-0.15, -0.1) is 0 Å². The summed E-state index contributed by atoms with van der Waals surface area (Å²) in [6.07, 6.45) is 3.79. The highest BCUT2D eigenvalue weighted by molar-refractivity contribution is 6.30. The highest BCUT2D eigenvalue weighted by Gasteiger charge is 2.36. The Morgan fingerprint density at radius 3 is 2.40 bits per heavy atom. The number of benzene rings is 2. The topological polar surface area (TPSA) is 124 Å². The lowest BCUT2D eigenvalue weighted by atomic mass is 9.91. The summed E-state index contributed by atoms with van der Waals surface area (Å²) in [5.74, 6) is 0.0361. The van der Waals surface area contributed by atoms with Crippen molar-refractivity contribution in [1.82, 2.24) is 24.6 Å². The average molecular weight is 698 g/mol. The molecule has 3 aromatic heterocycles. The maximum atomic E-state index is 12.7. The number of carbonyl (C=O) groups is 2. The molecule has 1 saturated carbocycles. The zero-order valence-electron chi connectivity index (χ0n) is 29.5. The van der Waals surface area contributed by atoms with Crippen LogP contribution in [0.1, 0.15) is 88.6 Å². The summed E-state index contributed by atoms with van der Waals surface area (Å²) in [5.41, 5.74) is 6.20. The molecule has 10 nitrogen and oxygen atoms in total. The molecule has 0 bridgehead atoms. The van der Waals surface area contributed by atoms with Crippen molar-refractivity contribution in [2.75, 3.05) is 13.1 Å². The molecule has 4 heterocycles. The number of halogens is 1. The minimum atomic E-state index is -1.25. The summed E-state index contributed by atoms with van der Waals surface area (Å²) in [4.78, 5) is 37.2. The number of hydrogen-bond acceptors (Lipinski definition) is 8. The van der Waals surface area contributed by atoms with Crippen molar-refractivity contribution in [3.05, 3.63) is 64.3 Å². The maximum Gasteiger partial charge on any atom is 0.337 e. The van der Waals surface area contributed by atoms with Crippen LogP contribution in [-0.4, -0.2) is 66.2 Å². The second-order valence-corrected chi connectivity index (χ2v) is 15.4. The zero-order chi connectivity index (χ0) is 35.5. The molecule has 0 radical (unpaired) electrons. The second-order valence-electron chi connectivity index (χ2n) is 15.0. The van der Waals surface area contributed by atoms with Gasteiger partial charge in [0.1, 0.15) is 22.5 Å². The fourth-order valence-corrected chi connectivity index (χ4v) is 8.03. The molecule has 1 saturated heterocycles. The third-order valence-electron chi connectivity index (χ3n) is 10.4. The Labute approximate surface area is 296 Å². The fraction of sp³-hybridized carbons (Fsp3) is 0.462. The molecule has 0 amide bonds. The smallest absolute Gasteiger partial charge is 0.337 e. The minimum Gasteiger partial charge on any atom is -0.479 e. The van der Waals surface area contributed by atoms with Crippen LogP contribution in [-0.2, 0) is 21.4 Å². The van der Waals surface area contributed by atoms with Crippen LogP contribution < -0.4 is 0 Å². The monoisotopic (exact) mass is 697 g/mol. The minimum absolute atomic E-state index is 0.208. The molecule has 2 aliphatic rings. The first kappa shape index (κ1) is 34.3. The van der Waals surface area contributed by atoms with E-state index in [1.807, 2.05) is 69.8 Å². The Morgan fingerprint density at radius 2 is 1.76 bits per heavy atom. The Balaban J connectivity index is 1.26. The van der Waals surface area contributed by atoms with Crippen LogP contribution in [0.2, 0.25) is 5.02 Å². The van der Waals surface area contributed by atoms with Gasteiger partial charge in [-0.3, -0.25) is 9.48 Å². The predicted molar refractivity (Wildman–Crippen MR) is 193 cm³/mol. The molecule has 0 spiro atoms. The van der Waals surface area contributed by atoms with Crippen molar-refractivity contribution in [1.29, 1.82) is 0 Å². The first-order valence-corrected chi connectivity index (χ1v) is 17.8. The lowest BCUT2D eigenvalue weighted by Gasteiger charge is -2.35. The predicted octanol–water partition coefficient (Wildman–Crippen LogP) is 8.28. The molecule has 1 aliphatic carbocycles. The van der Waals surface area contributed by atoms with E-state index in [-0.39, 0.29) is 11.8 Å². The van der Waals surface area contributed by atoms with Crippen molar-refractivity contribution in [3.63, 3.8) is 0 Å². The number of aryl methyl sites for hydroxylation is 2. The van der Waals surface area contributed by atoms with Crippen molar-refractivity contribution < 1.29 is 23.8 Å². The number of carboxylic acid groups (broad SMARTS) is 1. The third-order valence-corrected chi connectivity index (χ3v) is 10.6. The highest BCUT2D eigenvalue weighted by atomic mass is 35.5. The molecule has 1 aliphatic heterocycles. The van der Waals surface area contributed by atoms with Crippen molar-refractivity contribution >= 4 is 45.5 Å². The van der Waals surface area contributed by atoms with E-state index in [1.165, 1.54) is 0 Å². The van der Waals surface area contributed by atoms with Crippen LogP contribution in [0, 0.1) is 12.8 Å². The lowest BCUT2D eigenvalue weighted by Crippen LogP contribution is -2.40. The van der Waals surface area contributed by atoms with Gasteiger partial charge in [0, 0.05) is 41.1 Å². The standard InChI is InChI=1S/C39H44ClN5O5/c1-21-19-29-35(32(23-7-10-26(40)11-8-23)31(21)36(38(47)48)50-39(3,4)5)49-37(42-29)28-13-14-30-34(41-28)33(43-44(30)6)24-15-17-45(18-16-24)27-12-9-25(20-27)22(2)46/h7-8,10-11,13-14,19,24-25,27,36H,9,12,15-18,20H2,1-6H3,(H,47,48). The summed E-state index contributed by atoms with van der Waals surface area (Å²) in [5, 5.41) is 15.9. The number of carboxylic acids is 1. The first-order chi connectivity index (χ1) is 23.8. The molecule has 7 rings (SSSR count). The van der Waals surface area contributed by atoms with Gasteiger partial charge in [0.2, 0.25) is 5.89 Å². The van der Waals surface area contributed by atoms with E-state index in [0.29, 0.717) is 50.7 Å². The summed E-state index contributed by atoms with van der Waals surface area (Å²) in [6, 6.07) is 13.5. The van der Waals surface area contributed by atoms with Crippen LogP contribution in [0.25, 0.3) is 44.8 Å². The molecule has 2 aromatic carbocycles. The van der Waals surface area contributed by atoms with Crippen LogP contribution in [0.3, 0.4) is 0 Å². The summed E-state index contributed by atoms with van der Waals surface area (Å²) >= 11 is 6.26. The number of pyridine rings is 1. The molecule has 3 unspecified atom stereocenters. The largest absolute Gasteiger partial charge is 0.479 e. The molecule has 3 atom stereocenters. The van der Waals surface area contributed by atoms with Gasteiger partial charge in [-0.05, 0) is 121 Å². The normalized spacial score (nSPS) is 19.8. The second kappa shape index (κ2) is 13.2. The number of ether oxygens (including phenoxy) is 1. The average Bonchev–Trinajstić information content (AvgIpc) is 3.81. The quantitative estimate of drug-likeness (QED) is 0.171. The van der Waals surface area contributed by atoms with E-state index in [0.717, 1.165) is 73.0 Å². The van der Waals surface area contributed by atoms with Crippen LogP contribution in [0.4, 0.5) is 0 Å². The molecule has 11 heteroatoms. The Hall–Kier alpha value is -4.12. The zero-order valence-corrected chi connectivity index (χ0v) is 30.3. The van der Waals surface area contributed by atoms with Crippen molar-refractivity contribution in [2.45, 2.75) is 90.4 Å². The molecule has 2 fully saturated rings. The van der Waals surface area contributed by atoms with Gasteiger partial charge >= 0.3 is 5.97 Å². The number of ketones is 1. The van der Waals surface area contributed by atoms with Gasteiger partial charge in [-0.1, -0.05) is 23.7 Å². The number of fused-ring (bicyclic) bond motifs is 2. The Morgan fingerprint density at radius 1 is 1.04 bits per heavy atom. The molecule has 262 valence electrons.